The summed E-state index contributed by atoms with van der Waals surface area (Å²) in [5.74, 6) is -0.802. The fourth-order valence-corrected chi connectivity index (χ4v) is 1.66. The van der Waals surface area contributed by atoms with Crippen LogP contribution in [0.1, 0.15) is 35.4 Å². The van der Waals surface area contributed by atoms with Gasteiger partial charge in [0.25, 0.3) is 0 Å². The largest absolute Gasteiger partial charge is 0.508 e. The Balaban J connectivity index is 2.62. The van der Waals surface area contributed by atoms with E-state index in [1.807, 2.05) is 6.92 Å². The van der Waals surface area contributed by atoms with E-state index in [9.17, 15) is 15.0 Å². The zero-order valence-electron chi connectivity index (χ0n) is 7.65. The van der Waals surface area contributed by atoms with Gasteiger partial charge in [-0.25, -0.2) is 4.79 Å². The van der Waals surface area contributed by atoms with E-state index in [2.05, 4.69) is 0 Å². The van der Waals surface area contributed by atoms with Crippen molar-refractivity contribution in [1.82, 2.24) is 0 Å². The second kappa shape index (κ2) is 2.90. The third-order valence-corrected chi connectivity index (χ3v) is 2.30. The minimum absolute atomic E-state index is 0.0574. The molecule has 0 aliphatic carbocycles. The molecule has 4 heteroatoms. The summed E-state index contributed by atoms with van der Waals surface area (Å²) in [6.45, 7) is 1.87. The minimum atomic E-state index is -0.524. The van der Waals surface area contributed by atoms with Crippen molar-refractivity contribution in [2.24, 2.45) is 0 Å². The lowest BCUT2D eigenvalue weighted by molar-refractivity contribution is 0.0377. The monoisotopic (exact) mass is 194 g/mol. The second-order valence-electron chi connectivity index (χ2n) is 3.23. The predicted molar refractivity (Wildman–Crippen MR) is 48.2 cm³/mol. The molecule has 0 fully saturated rings. The average Bonchev–Trinajstić information content (AvgIpc) is 2.42. The van der Waals surface area contributed by atoms with Gasteiger partial charge in [-0.05, 0) is 12.5 Å². The van der Waals surface area contributed by atoms with Gasteiger partial charge < -0.3 is 14.9 Å². The highest BCUT2D eigenvalue weighted by atomic mass is 16.5. The number of esters is 1. The van der Waals surface area contributed by atoms with Crippen molar-refractivity contribution < 1.29 is 19.7 Å². The minimum Gasteiger partial charge on any atom is -0.508 e. The third-order valence-electron chi connectivity index (χ3n) is 2.30. The highest BCUT2D eigenvalue weighted by Gasteiger charge is 2.33. The standard InChI is InChI=1S/C10H10O4/c1-2-8-6-3-5(11)4-7(12)9(6)10(13)14-8/h3-4,8,11-12H,2H2,1H3/t8-/m1/s1. The Morgan fingerprint density at radius 1 is 1.43 bits per heavy atom. The van der Waals surface area contributed by atoms with Crippen LogP contribution in [0.5, 0.6) is 11.5 Å². The number of rotatable bonds is 1. The van der Waals surface area contributed by atoms with E-state index >= 15 is 0 Å². The third kappa shape index (κ3) is 1.11. The van der Waals surface area contributed by atoms with E-state index in [4.69, 9.17) is 4.74 Å². The molecule has 1 aliphatic rings. The number of fused-ring (bicyclic) bond motifs is 1. The molecule has 1 aromatic rings. The summed E-state index contributed by atoms with van der Waals surface area (Å²) in [6.07, 6.45) is 0.275. The van der Waals surface area contributed by atoms with Crippen LogP contribution in [0.4, 0.5) is 0 Å². The number of aromatic hydroxyl groups is 2. The van der Waals surface area contributed by atoms with Crippen LogP contribution in [0.3, 0.4) is 0 Å². The molecule has 0 spiro atoms. The lowest BCUT2D eigenvalue weighted by Gasteiger charge is -2.06. The van der Waals surface area contributed by atoms with Gasteiger partial charge in [0.05, 0.1) is 0 Å². The molecule has 1 aliphatic heterocycles. The van der Waals surface area contributed by atoms with E-state index in [0.717, 1.165) is 6.07 Å². The van der Waals surface area contributed by atoms with Crippen LogP contribution in [-0.4, -0.2) is 16.2 Å². The molecular weight excluding hydrogens is 184 g/mol. The van der Waals surface area contributed by atoms with Gasteiger partial charge in [0, 0.05) is 11.6 Å². The first-order valence-electron chi connectivity index (χ1n) is 4.40. The molecule has 2 N–H and O–H groups in total. The Morgan fingerprint density at radius 3 is 2.79 bits per heavy atom. The van der Waals surface area contributed by atoms with Gasteiger partial charge in [-0.2, -0.15) is 0 Å². The fourth-order valence-electron chi connectivity index (χ4n) is 1.66. The molecule has 0 radical (unpaired) electrons. The van der Waals surface area contributed by atoms with Crippen molar-refractivity contribution in [3.63, 3.8) is 0 Å². The van der Waals surface area contributed by atoms with Crippen LogP contribution < -0.4 is 0 Å². The molecule has 1 atom stereocenters. The molecule has 4 nitrogen and oxygen atoms in total. The summed E-state index contributed by atoms with van der Waals surface area (Å²) >= 11 is 0. The number of hydrogen-bond acceptors (Lipinski definition) is 4. The molecule has 2 rings (SSSR count). The number of hydrogen-bond donors (Lipinski definition) is 2. The van der Waals surface area contributed by atoms with Crippen molar-refractivity contribution >= 4 is 5.97 Å². The van der Waals surface area contributed by atoms with Gasteiger partial charge in [-0.3, -0.25) is 0 Å². The molecule has 14 heavy (non-hydrogen) atoms. The average molecular weight is 194 g/mol. The maximum absolute atomic E-state index is 11.3. The molecule has 74 valence electrons. The lowest BCUT2D eigenvalue weighted by Crippen LogP contribution is -1.96. The summed E-state index contributed by atoms with van der Waals surface area (Å²) in [6, 6.07) is 2.59. The van der Waals surface area contributed by atoms with Gasteiger partial charge in [-0.15, -0.1) is 0 Å². The van der Waals surface area contributed by atoms with Gasteiger partial charge in [0.15, 0.2) is 0 Å². The van der Waals surface area contributed by atoms with Crippen molar-refractivity contribution in [2.75, 3.05) is 0 Å². The number of carbonyl (C=O) groups is 1. The maximum atomic E-state index is 11.3. The van der Waals surface area contributed by atoms with Crippen LogP contribution >= 0.6 is 0 Å². The highest BCUT2D eigenvalue weighted by Crippen LogP contribution is 2.39. The molecule has 0 saturated heterocycles. The first-order chi connectivity index (χ1) is 6.63. The Hall–Kier alpha value is -1.71. The summed E-state index contributed by atoms with van der Waals surface area (Å²) in [5.41, 5.74) is 0.740. The summed E-state index contributed by atoms with van der Waals surface area (Å²) < 4.78 is 5.01. The Bertz CT molecular complexity index is 397. The van der Waals surface area contributed by atoms with Gasteiger partial charge in [-0.1, -0.05) is 6.92 Å². The Morgan fingerprint density at radius 2 is 2.14 bits per heavy atom. The number of carbonyl (C=O) groups excluding carboxylic acids is 1. The number of ether oxygens (including phenoxy) is 1. The van der Waals surface area contributed by atoms with Crippen molar-refractivity contribution in [1.29, 1.82) is 0 Å². The van der Waals surface area contributed by atoms with Gasteiger partial charge in [0.2, 0.25) is 0 Å². The van der Waals surface area contributed by atoms with Crippen molar-refractivity contribution in [2.45, 2.75) is 19.4 Å². The fraction of sp³-hybridized carbons (Fsp3) is 0.300. The van der Waals surface area contributed by atoms with E-state index < -0.39 is 5.97 Å². The lowest BCUT2D eigenvalue weighted by atomic mass is 10.0. The first-order valence-corrected chi connectivity index (χ1v) is 4.40. The molecule has 0 bridgehead atoms. The Labute approximate surface area is 80.7 Å². The zero-order valence-corrected chi connectivity index (χ0v) is 7.65. The number of cyclic esters (lactones) is 1. The van der Waals surface area contributed by atoms with E-state index in [1.165, 1.54) is 6.07 Å². The second-order valence-corrected chi connectivity index (χ2v) is 3.23. The summed E-state index contributed by atoms with van der Waals surface area (Å²) in [4.78, 5) is 11.3. The summed E-state index contributed by atoms with van der Waals surface area (Å²) in [5, 5.41) is 18.7. The molecule has 0 saturated carbocycles. The van der Waals surface area contributed by atoms with Crippen LogP contribution in [-0.2, 0) is 4.74 Å². The molecule has 1 aromatic carbocycles. The van der Waals surface area contributed by atoms with Crippen molar-refractivity contribution in [3.05, 3.63) is 23.3 Å². The quantitative estimate of drug-likeness (QED) is 0.668. The number of benzene rings is 1. The molecule has 1 heterocycles. The van der Waals surface area contributed by atoms with E-state index in [0.29, 0.717) is 12.0 Å². The molecule has 0 amide bonds. The number of phenolic OH excluding ortho intramolecular Hbond substituents is 2. The maximum Gasteiger partial charge on any atom is 0.342 e. The SMILES string of the molecule is CC[C@H]1OC(=O)c2c(O)cc(O)cc21. The van der Waals surface area contributed by atoms with E-state index in [1.54, 1.807) is 0 Å². The zero-order chi connectivity index (χ0) is 10.3. The molecular formula is C10H10O4. The molecule has 0 aromatic heterocycles. The van der Waals surface area contributed by atoms with Crippen LogP contribution in [0.15, 0.2) is 12.1 Å². The van der Waals surface area contributed by atoms with Gasteiger partial charge >= 0.3 is 5.97 Å². The van der Waals surface area contributed by atoms with Gasteiger partial charge in [0.1, 0.15) is 23.2 Å². The van der Waals surface area contributed by atoms with Crippen LogP contribution in [0, 0.1) is 0 Å². The normalized spacial score (nSPS) is 19.2. The number of phenols is 2. The highest BCUT2D eigenvalue weighted by molar-refractivity contribution is 5.97. The Kier molecular flexibility index (Phi) is 1.84. The van der Waals surface area contributed by atoms with E-state index in [-0.39, 0.29) is 23.2 Å². The smallest absolute Gasteiger partial charge is 0.342 e. The summed E-state index contributed by atoms with van der Waals surface area (Å²) in [7, 11) is 0. The van der Waals surface area contributed by atoms with Crippen LogP contribution in [0.25, 0.3) is 0 Å². The predicted octanol–water partition coefficient (Wildman–Crippen LogP) is 1.72. The van der Waals surface area contributed by atoms with Crippen molar-refractivity contribution in [3.8, 4) is 11.5 Å². The first kappa shape index (κ1) is 8.87. The molecule has 0 unspecified atom stereocenters. The van der Waals surface area contributed by atoms with Crippen LogP contribution in [0.2, 0.25) is 0 Å². The topological polar surface area (TPSA) is 66.8 Å².